The first-order valence-corrected chi connectivity index (χ1v) is 8.57. The molecular formula is C16H16O3S2. The van der Waals surface area contributed by atoms with E-state index >= 15 is 0 Å². The maximum absolute atomic E-state index is 12.2. The predicted octanol–water partition coefficient (Wildman–Crippen LogP) is 3.74. The normalized spacial score (nSPS) is 15.2. The van der Waals surface area contributed by atoms with Crippen LogP contribution in [-0.2, 0) is 9.59 Å². The van der Waals surface area contributed by atoms with Crippen molar-refractivity contribution in [2.24, 2.45) is 0 Å². The van der Waals surface area contributed by atoms with Crippen molar-refractivity contribution in [3.8, 4) is 0 Å². The highest BCUT2D eigenvalue weighted by Gasteiger charge is 2.23. The molecule has 0 radical (unpaired) electrons. The Kier molecular flexibility index (Phi) is 5.70. The van der Waals surface area contributed by atoms with Gasteiger partial charge in [0.1, 0.15) is 5.57 Å². The van der Waals surface area contributed by atoms with Gasteiger partial charge in [0, 0.05) is 0 Å². The molecule has 1 N–H and O–H groups in total. The fraction of sp³-hybridized carbons (Fsp3) is 0.250. The van der Waals surface area contributed by atoms with Gasteiger partial charge in [-0.1, -0.05) is 35.9 Å². The number of aliphatic carboxylic acids is 1. The van der Waals surface area contributed by atoms with Gasteiger partial charge in [-0.15, -0.1) is 23.5 Å². The van der Waals surface area contributed by atoms with Crippen LogP contribution in [0.25, 0.3) is 6.08 Å². The van der Waals surface area contributed by atoms with E-state index in [9.17, 15) is 14.7 Å². The van der Waals surface area contributed by atoms with E-state index in [-0.39, 0.29) is 5.57 Å². The highest BCUT2D eigenvalue weighted by Crippen LogP contribution is 2.37. The second-order valence-corrected chi connectivity index (χ2v) is 7.10. The van der Waals surface area contributed by atoms with E-state index in [0.717, 1.165) is 29.1 Å². The number of hydrogen-bond acceptors (Lipinski definition) is 4. The first kappa shape index (κ1) is 15.9. The van der Waals surface area contributed by atoms with Gasteiger partial charge in [-0.05, 0) is 36.5 Å². The number of aryl methyl sites for hydroxylation is 1. The number of ketones is 1. The maximum Gasteiger partial charge on any atom is 0.341 e. The molecular weight excluding hydrogens is 304 g/mol. The number of hydrogen-bond donors (Lipinski definition) is 1. The summed E-state index contributed by atoms with van der Waals surface area (Å²) in [5.74, 6) is 0.146. The van der Waals surface area contributed by atoms with Gasteiger partial charge in [0.2, 0.25) is 0 Å². The minimum atomic E-state index is -1.15. The number of carboxylic acids is 1. The number of benzene rings is 1. The van der Waals surface area contributed by atoms with Crippen molar-refractivity contribution in [3.63, 3.8) is 0 Å². The molecule has 0 amide bonds. The minimum absolute atomic E-state index is 0.104. The van der Waals surface area contributed by atoms with Gasteiger partial charge in [0.05, 0.1) is 4.24 Å². The predicted molar refractivity (Wildman–Crippen MR) is 89.4 cm³/mol. The molecule has 1 fully saturated rings. The number of carboxylic acid groups (broad SMARTS) is 1. The molecule has 0 spiro atoms. The van der Waals surface area contributed by atoms with Crippen LogP contribution in [0.2, 0.25) is 0 Å². The summed E-state index contributed by atoms with van der Waals surface area (Å²) < 4.78 is 0.632. The number of carbonyl (C=O) groups is 2. The van der Waals surface area contributed by atoms with E-state index in [1.807, 2.05) is 31.2 Å². The van der Waals surface area contributed by atoms with Crippen molar-refractivity contribution >= 4 is 41.4 Å². The molecule has 1 saturated heterocycles. The summed E-state index contributed by atoms with van der Waals surface area (Å²) in [5, 5.41) is 9.29. The van der Waals surface area contributed by atoms with Crippen LogP contribution in [-0.4, -0.2) is 28.4 Å². The van der Waals surface area contributed by atoms with Gasteiger partial charge in [0.15, 0.2) is 5.78 Å². The van der Waals surface area contributed by atoms with Crippen LogP contribution in [0.4, 0.5) is 0 Å². The van der Waals surface area contributed by atoms with Crippen LogP contribution in [0.5, 0.6) is 0 Å². The highest BCUT2D eigenvalue weighted by molar-refractivity contribution is 8.22. The quantitative estimate of drug-likeness (QED) is 0.520. The zero-order valence-corrected chi connectivity index (χ0v) is 13.3. The molecule has 21 heavy (non-hydrogen) atoms. The lowest BCUT2D eigenvalue weighted by molar-refractivity contribution is -0.134. The van der Waals surface area contributed by atoms with Crippen LogP contribution < -0.4 is 0 Å². The van der Waals surface area contributed by atoms with E-state index < -0.39 is 11.8 Å². The fourth-order valence-electron chi connectivity index (χ4n) is 1.80. The van der Waals surface area contributed by atoms with Crippen LogP contribution in [0.1, 0.15) is 17.5 Å². The Balaban J connectivity index is 2.19. The summed E-state index contributed by atoms with van der Waals surface area (Å²) in [6.45, 7) is 1.99. The first-order chi connectivity index (χ1) is 10.1. The summed E-state index contributed by atoms with van der Waals surface area (Å²) >= 11 is 2.92. The Labute approximate surface area is 132 Å². The third-order valence-corrected chi connectivity index (χ3v) is 5.55. The van der Waals surface area contributed by atoms with Gasteiger partial charge in [-0.25, -0.2) is 4.79 Å². The summed E-state index contributed by atoms with van der Waals surface area (Å²) in [6, 6.07) is 7.70. The van der Waals surface area contributed by atoms with Crippen LogP contribution in [0.15, 0.2) is 40.2 Å². The molecule has 0 atom stereocenters. The van der Waals surface area contributed by atoms with E-state index in [1.54, 1.807) is 6.08 Å². The van der Waals surface area contributed by atoms with E-state index in [4.69, 9.17) is 0 Å². The molecule has 110 valence electrons. The minimum Gasteiger partial charge on any atom is -0.477 e. The molecule has 0 aliphatic carbocycles. The number of rotatable bonds is 4. The zero-order chi connectivity index (χ0) is 15.2. The molecule has 2 rings (SSSR count). The molecule has 1 heterocycles. The van der Waals surface area contributed by atoms with Crippen molar-refractivity contribution in [2.75, 3.05) is 11.5 Å². The SMILES string of the molecule is Cc1ccc(/C=C/C(=O)C(C(=O)O)=C2SCCCS2)cc1. The average Bonchev–Trinajstić information content (AvgIpc) is 2.47. The Morgan fingerprint density at radius 1 is 1.14 bits per heavy atom. The fourth-order valence-corrected chi connectivity index (χ4v) is 4.43. The molecule has 1 aliphatic heterocycles. The summed E-state index contributed by atoms with van der Waals surface area (Å²) in [5.41, 5.74) is 1.92. The molecule has 0 saturated carbocycles. The Bertz CT molecular complexity index is 592. The largest absolute Gasteiger partial charge is 0.477 e. The number of thioether (sulfide) groups is 2. The van der Waals surface area contributed by atoms with E-state index in [2.05, 4.69) is 0 Å². The van der Waals surface area contributed by atoms with E-state index in [0.29, 0.717) is 4.24 Å². The Morgan fingerprint density at radius 3 is 2.33 bits per heavy atom. The molecule has 1 aromatic carbocycles. The Hall–Kier alpha value is -1.46. The van der Waals surface area contributed by atoms with Crippen molar-refractivity contribution in [1.29, 1.82) is 0 Å². The van der Waals surface area contributed by atoms with Crippen LogP contribution >= 0.6 is 23.5 Å². The zero-order valence-electron chi connectivity index (χ0n) is 11.7. The van der Waals surface area contributed by atoms with E-state index in [1.165, 1.54) is 29.6 Å². The number of allylic oxidation sites excluding steroid dienone is 1. The summed E-state index contributed by atoms with van der Waals surface area (Å²) in [6.07, 6.45) is 4.04. The average molecular weight is 320 g/mol. The lowest BCUT2D eigenvalue weighted by Gasteiger charge is -2.14. The maximum atomic E-state index is 12.2. The first-order valence-electron chi connectivity index (χ1n) is 6.60. The van der Waals surface area contributed by atoms with Crippen molar-refractivity contribution in [2.45, 2.75) is 13.3 Å². The second kappa shape index (κ2) is 7.52. The number of carbonyl (C=O) groups excluding carboxylic acids is 1. The molecule has 0 bridgehead atoms. The molecule has 5 heteroatoms. The van der Waals surface area contributed by atoms with Crippen LogP contribution in [0.3, 0.4) is 0 Å². The second-order valence-electron chi connectivity index (χ2n) is 4.63. The monoisotopic (exact) mass is 320 g/mol. The van der Waals surface area contributed by atoms with Gasteiger partial charge < -0.3 is 5.11 Å². The Morgan fingerprint density at radius 2 is 1.76 bits per heavy atom. The van der Waals surface area contributed by atoms with Crippen molar-refractivity contribution < 1.29 is 14.7 Å². The van der Waals surface area contributed by atoms with Gasteiger partial charge in [0.25, 0.3) is 0 Å². The van der Waals surface area contributed by atoms with Gasteiger partial charge >= 0.3 is 5.97 Å². The topological polar surface area (TPSA) is 54.4 Å². The molecule has 3 nitrogen and oxygen atoms in total. The summed E-state index contributed by atoms with van der Waals surface area (Å²) in [4.78, 5) is 23.5. The standard InChI is InChI=1S/C16H16O3S2/c1-11-3-5-12(6-4-11)7-8-13(17)14(15(18)19)16-20-9-2-10-21-16/h3-8H,2,9-10H2,1H3,(H,18,19)/b8-7+. The van der Waals surface area contributed by atoms with Gasteiger partial charge in [-0.3, -0.25) is 4.79 Å². The molecule has 1 aliphatic rings. The van der Waals surface area contributed by atoms with Crippen molar-refractivity contribution in [1.82, 2.24) is 0 Å². The highest BCUT2D eigenvalue weighted by atomic mass is 32.2. The van der Waals surface area contributed by atoms with Gasteiger partial charge in [-0.2, -0.15) is 0 Å². The molecule has 0 unspecified atom stereocenters. The lowest BCUT2D eigenvalue weighted by Crippen LogP contribution is -2.13. The third kappa shape index (κ3) is 4.51. The lowest BCUT2D eigenvalue weighted by atomic mass is 10.1. The smallest absolute Gasteiger partial charge is 0.341 e. The molecule has 0 aromatic heterocycles. The third-order valence-electron chi connectivity index (χ3n) is 2.92. The van der Waals surface area contributed by atoms with Crippen molar-refractivity contribution in [3.05, 3.63) is 51.3 Å². The summed E-state index contributed by atoms with van der Waals surface area (Å²) in [7, 11) is 0. The van der Waals surface area contributed by atoms with Crippen LogP contribution in [0, 0.1) is 6.92 Å². The molecule has 1 aromatic rings.